The van der Waals surface area contributed by atoms with Crippen LogP contribution in [-0.4, -0.2) is 11.2 Å². The van der Waals surface area contributed by atoms with E-state index in [0.29, 0.717) is 13.2 Å². The Bertz CT molecular complexity index is 746. The maximum Gasteiger partial charge on any atom is 0.119 e. The van der Waals surface area contributed by atoms with Crippen LogP contribution in [0.3, 0.4) is 0 Å². The van der Waals surface area contributed by atoms with E-state index in [9.17, 15) is 0 Å². The van der Waals surface area contributed by atoms with Crippen LogP contribution in [0.5, 0.6) is 5.75 Å². The third kappa shape index (κ3) is 3.09. The molecule has 0 unspecified atom stereocenters. The fraction of sp³-hybridized carbons (Fsp3) is 0.222. The van der Waals surface area contributed by atoms with Gasteiger partial charge in [0.1, 0.15) is 12.4 Å². The highest BCUT2D eigenvalue weighted by molar-refractivity contribution is 5.80. The highest BCUT2D eigenvalue weighted by atomic mass is 16.5. The standard InChI is InChI=1S/C18H20N2O/c1-14-5-6-18-16(11-14)7-8-20(18)9-10-21-17-4-2-3-15(12-17)13-19/h2-8,11-12H,9-10,13,19H2,1H3. The molecule has 2 aromatic carbocycles. The average Bonchev–Trinajstić information content (AvgIpc) is 2.90. The van der Waals surface area contributed by atoms with Crippen LogP contribution in [0.1, 0.15) is 11.1 Å². The predicted molar refractivity (Wildman–Crippen MR) is 86.5 cm³/mol. The van der Waals surface area contributed by atoms with E-state index in [1.807, 2.05) is 24.3 Å². The third-order valence-corrected chi connectivity index (χ3v) is 3.66. The summed E-state index contributed by atoms with van der Waals surface area (Å²) in [5.74, 6) is 0.880. The first kappa shape index (κ1) is 13.7. The molecule has 3 nitrogen and oxygen atoms in total. The van der Waals surface area contributed by atoms with Crippen molar-refractivity contribution in [3.63, 3.8) is 0 Å². The van der Waals surface area contributed by atoms with Crippen LogP contribution in [0.15, 0.2) is 54.7 Å². The van der Waals surface area contributed by atoms with E-state index in [1.54, 1.807) is 0 Å². The summed E-state index contributed by atoms with van der Waals surface area (Å²) in [5.41, 5.74) is 9.27. The molecule has 1 aromatic heterocycles. The lowest BCUT2D eigenvalue weighted by molar-refractivity contribution is 0.300. The topological polar surface area (TPSA) is 40.2 Å². The van der Waals surface area contributed by atoms with Gasteiger partial charge in [-0.3, -0.25) is 0 Å². The van der Waals surface area contributed by atoms with Crippen molar-refractivity contribution >= 4 is 10.9 Å². The van der Waals surface area contributed by atoms with Gasteiger partial charge in [0.15, 0.2) is 0 Å². The maximum atomic E-state index is 5.82. The highest BCUT2D eigenvalue weighted by Crippen LogP contribution is 2.18. The summed E-state index contributed by atoms with van der Waals surface area (Å²) in [6, 6.07) is 16.6. The van der Waals surface area contributed by atoms with Crippen molar-refractivity contribution < 1.29 is 4.74 Å². The van der Waals surface area contributed by atoms with Crippen molar-refractivity contribution in [3.8, 4) is 5.75 Å². The molecular formula is C18H20N2O. The zero-order valence-electron chi connectivity index (χ0n) is 12.3. The summed E-state index contributed by atoms with van der Waals surface area (Å²) in [6.07, 6.45) is 2.11. The van der Waals surface area contributed by atoms with E-state index in [-0.39, 0.29) is 0 Å². The summed E-state index contributed by atoms with van der Waals surface area (Å²) in [4.78, 5) is 0. The lowest BCUT2D eigenvalue weighted by Gasteiger charge is -2.09. The Kier molecular flexibility index (Phi) is 3.93. The van der Waals surface area contributed by atoms with E-state index in [0.717, 1.165) is 17.9 Å². The third-order valence-electron chi connectivity index (χ3n) is 3.66. The molecule has 0 aliphatic carbocycles. The second-order valence-electron chi connectivity index (χ2n) is 5.27. The van der Waals surface area contributed by atoms with Crippen LogP contribution in [0.4, 0.5) is 0 Å². The Balaban J connectivity index is 1.66. The van der Waals surface area contributed by atoms with Gasteiger partial charge >= 0.3 is 0 Å². The van der Waals surface area contributed by atoms with Gasteiger partial charge in [0, 0.05) is 18.3 Å². The molecule has 0 atom stereocenters. The summed E-state index contributed by atoms with van der Waals surface area (Å²) < 4.78 is 8.04. The maximum absolute atomic E-state index is 5.82. The summed E-state index contributed by atoms with van der Waals surface area (Å²) in [6.45, 7) is 4.13. The van der Waals surface area contributed by atoms with Crippen molar-refractivity contribution in [1.82, 2.24) is 4.57 Å². The van der Waals surface area contributed by atoms with Crippen molar-refractivity contribution in [1.29, 1.82) is 0 Å². The molecule has 0 saturated heterocycles. The van der Waals surface area contributed by atoms with Gasteiger partial charge in [0.25, 0.3) is 0 Å². The van der Waals surface area contributed by atoms with E-state index in [1.165, 1.54) is 16.5 Å². The molecule has 0 amide bonds. The number of ether oxygens (including phenoxy) is 1. The van der Waals surface area contributed by atoms with E-state index in [2.05, 4.69) is 42.0 Å². The predicted octanol–water partition coefficient (Wildman–Crippen LogP) is 3.49. The monoisotopic (exact) mass is 280 g/mol. The first-order valence-corrected chi connectivity index (χ1v) is 7.23. The lowest BCUT2D eigenvalue weighted by Crippen LogP contribution is -2.07. The lowest BCUT2D eigenvalue weighted by atomic mass is 10.2. The Labute approximate surface area is 125 Å². The van der Waals surface area contributed by atoms with Gasteiger partial charge in [0.2, 0.25) is 0 Å². The molecule has 3 heteroatoms. The van der Waals surface area contributed by atoms with Gasteiger partial charge in [-0.15, -0.1) is 0 Å². The fourth-order valence-electron chi connectivity index (χ4n) is 2.54. The molecule has 0 aliphatic rings. The van der Waals surface area contributed by atoms with Gasteiger partial charge in [-0.05, 0) is 48.2 Å². The minimum absolute atomic E-state index is 0.540. The minimum Gasteiger partial charge on any atom is -0.492 e. The molecule has 0 aliphatic heterocycles. The van der Waals surface area contributed by atoms with Crippen molar-refractivity contribution in [3.05, 3.63) is 65.9 Å². The van der Waals surface area contributed by atoms with Gasteiger partial charge in [-0.2, -0.15) is 0 Å². The molecule has 0 spiro atoms. The first-order chi connectivity index (χ1) is 10.3. The zero-order valence-corrected chi connectivity index (χ0v) is 12.3. The second-order valence-corrected chi connectivity index (χ2v) is 5.27. The SMILES string of the molecule is Cc1ccc2c(ccn2CCOc2cccc(CN)c2)c1. The van der Waals surface area contributed by atoms with Gasteiger partial charge in [-0.25, -0.2) is 0 Å². The molecule has 1 heterocycles. The number of hydrogen-bond acceptors (Lipinski definition) is 2. The molecule has 0 fully saturated rings. The highest BCUT2D eigenvalue weighted by Gasteiger charge is 2.01. The van der Waals surface area contributed by atoms with Crippen LogP contribution in [0.2, 0.25) is 0 Å². The van der Waals surface area contributed by atoms with Crippen LogP contribution < -0.4 is 10.5 Å². The molecule has 3 aromatic rings. The van der Waals surface area contributed by atoms with E-state index in [4.69, 9.17) is 10.5 Å². The number of hydrogen-bond donors (Lipinski definition) is 1. The number of rotatable bonds is 5. The number of nitrogens with zero attached hydrogens (tertiary/aromatic N) is 1. The largest absolute Gasteiger partial charge is 0.492 e. The van der Waals surface area contributed by atoms with Gasteiger partial charge < -0.3 is 15.0 Å². The van der Waals surface area contributed by atoms with Gasteiger partial charge in [0.05, 0.1) is 6.54 Å². The zero-order chi connectivity index (χ0) is 14.7. The van der Waals surface area contributed by atoms with Crippen LogP contribution in [-0.2, 0) is 13.1 Å². The number of aryl methyl sites for hydroxylation is 1. The van der Waals surface area contributed by atoms with Crippen molar-refractivity contribution in [2.75, 3.05) is 6.61 Å². The Morgan fingerprint density at radius 2 is 2.00 bits per heavy atom. The Hall–Kier alpha value is -2.26. The average molecular weight is 280 g/mol. The molecule has 0 saturated carbocycles. The van der Waals surface area contributed by atoms with E-state index >= 15 is 0 Å². The molecule has 21 heavy (non-hydrogen) atoms. The number of fused-ring (bicyclic) bond motifs is 1. The van der Waals surface area contributed by atoms with Crippen LogP contribution in [0, 0.1) is 6.92 Å². The molecule has 3 rings (SSSR count). The summed E-state index contributed by atoms with van der Waals surface area (Å²) >= 11 is 0. The van der Waals surface area contributed by atoms with Gasteiger partial charge in [-0.1, -0.05) is 23.8 Å². The Morgan fingerprint density at radius 1 is 1.10 bits per heavy atom. The first-order valence-electron chi connectivity index (χ1n) is 7.23. The minimum atomic E-state index is 0.540. The normalized spacial score (nSPS) is 11.0. The number of benzene rings is 2. The number of aromatic nitrogens is 1. The van der Waals surface area contributed by atoms with Crippen molar-refractivity contribution in [2.24, 2.45) is 5.73 Å². The summed E-state index contributed by atoms with van der Waals surface area (Å²) in [7, 11) is 0. The van der Waals surface area contributed by atoms with E-state index < -0.39 is 0 Å². The van der Waals surface area contributed by atoms with Crippen LogP contribution in [0.25, 0.3) is 10.9 Å². The smallest absolute Gasteiger partial charge is 0.119 e. The number of nitrogens with two attached hydrogens (primary N) is 1. The molecule has 2 N–H and O–H groups in total. The molecule has 108 valence electrons. The molecule has 0 bridgehead atoms. The second kappa shape index (κ2) is 6.02. The fourth-order valence-corrected chi connectivity index (χ4v) is 2.54. The molecule has 0 radical (unpaired) electrons. The molecular weight excluding hydrogens is 260 g/mol. The van der Waals surface area contributed by atoms with Crippen molar-refractivity contribution in [2.45, 2.75) is 20.0 Å². The van der Waals surface area contributed by atoms with Crippen LogP contribution >= 0.6 is 0 Å². The summed E-state index contributed by atoms with van der Waals surface area (Å²) in [5, 5.41) is 1.28. The quantitative estimate of drug-likeness (QED) is 0.777. The Morgan fingerprint density at radius 3 is 2.86 bits per heavy atom.